The zero-order valence-corrected chi connectivity index (χ0v) is 19.1. The van der Waals surface area contributed by atoms with Crippen molar-refractivity contribution in [3.8, 4) is 22.7 Å². The lowest BCUT2D eigenvalue weighted by molar-refractivity contribution is 0.0526. The van der Waals surface area contributed by atoms with E-state index >= 15 is 0 Å². The number of halogens is 2. The topological polar surface area (TPSA) is 40.5 Å². The van der Waals surface area contributed by atoms with E-state index in [-0.39, 0.29) is 18.4 Å². The van der Waals surface area contributed by atoms with Crippen molar-refractivity contribution in [2.24, 2.45) is 0 Å². The fraction of sp³-hybridized carbons (Fsp3) is 0.148. The number of aryl methyl sites for hydroxylation is 1. The molecule has 33 heavy (non-hydrogen) atoms. The quantitative estimate of drug-likeness (QED) is 0.277. The number of benzene rings is 3. The van der Waals surface area contributed by atoms with E-state index in [0.29, 0.717) is 28.5 Å². The van der Waals surface area contributed by atoms with E-state index in [2.05, 4.69) is 4.57 Å². The summed E-state index contributed by atoms with van der Waals surface area (Å²) in [5, 5.41) is 0.322. The lowest BCUT2D eigenvalue weighted by atomic mass is 10.1. The Balaban J connectivity index is 1.70. The van der Waals surface area contributed by atoms with E-state index in [0.717, 1.165) is 22.6 Å². The van der Waals surface area contributed by atoms with Crippen molar-refractivity contribution in [1.29, 1.82) is 0 Å². The minimum absolute atomic E-state index is 0.203. The molecule has 3 aromatic carbocycles. The summed E-state index contributed by atoms with van der Waals surface area (Å²) in [7, 11) is 0. The van der Waals surface area contributed by atoms with Crippen LogP contribution in [0.3, 0.4) is 0 Å². The highest BCUT2D eigenvalue weighted by Crippen LogP contribution is 2.34. The molecule has 0 fully saturated rings. The molecule has 4 aromatic rings. The summed E-state index contributed by atoms with van der Waals surface area (Å²) < 4.78 is 26.7. The minimum Gasteiger partial charge on any atom is -0.488 e. The number of carbonyl (C=O) groups is 1. The largest absolute Gasteiger partial charge is 0.488 e. The highest BCUT2D eigenvalue weighted by Gasteiger charge is 2.16. The molecule has 1 aromatic heterocycles. The number of ether oxygens (including phenoxy) is 2. The second kappa shape index (κ2) is 9.92. The van der Waals surface area contributed by atoms with Gasteiger partial charge in [0, 0.05) is 22.5 Å². The molecule has 0 bridgehead atoms. The molecule has 1 heterocycles. The SMILES string of the molecule is CCOC(=O)c1cccc(-n2c(C)ccc2-c2ccccc2OCc2ccc(F)cc2Cl)c1. The van der Waals surface area contributed by atoms with Gasteiger partial charge in [0.25, 0.3) is 0 Å². The van der Waals surface area contributed by atoms with Gasteiger partial charge in [-0.3, -0.25) is 0 Å². The molecule has 0 aliphatic carbocycles. The maximum Gasteiger partial charge on any atom is 0.338 e. The van der Waals surface area contributed by atoms with Crippen LogP contribution >= 0.6 is 11.6 Å². The van der Waals surface area contributed by atoms with Crippen molar-refractivity contribution in [2.75, 3.05) is 6.61 Å². The molecule has 4 rings (SSSR count). The van der Waals surface area contributed by atoms with Gasteiger partial charge in [0.05, 0.1) is 22.9 Å². The molecule has 0 aliphatic heterocycles. The summed E-state index contributed by atoms with van der Waals surface area (Å²) in [4.78, 5) is 12.2. The average Bonchev–Trinajstić information content (AvgIpc) is 3.20. The van der Waals surface area contributed by atoms with Gasteiger partial charge < -0.3 is 14.0 Å². The molecule has 0 spiro atoms. The zero-order valence-electron chi connectivity index (χ0n) is 18.3. The summed E-state index contributed by atoms with van der Waals surface area (Å²) in [6.45, 7) is 4.31. The second-order valence-electron chi connectivity index (χ2n) is 7.49. The lowest BCUT2D eigenvalue weighted by Gasteiger charge is -2.16. The van der Waals surface area contributed by atoms with E-state index in [1.54, 1.807) is 19.1 Å². The Morgan fingerprint density at radius 1 is 1.00 bits per heavy atom. The number of hydrogen-bond donors (Lipinski definition) is 0. The van der Waals surface area contributed by atoms with Gasteiger partial charge in [0.2, 0.25) is 0 Å². The first-order valence-electron chi connectivity index (χ1n) is 10.6. The Morgan fingerprint density at radius 2 is 1.82 bits per heavy atom. The molecule has 0 N–H and O–H groups in total. The average molecular weight is 464 g/mol. The molecule has 0 atom stereocenters. The number of para-hydroxylation sites is 1. The zero-order chi connectivity index (χ0) is 23.4. The molecular formula is C27H23ClFNO3. The van der Waals surface area contributed by atoms with Crippen LogP contribution in [0.25, 0.3) is 16.9 Å². The lowest BCUT2D eigenvalue weighted by Crippen LogP contribution is -2.07. The molecule has 0 saturated carbocycles. The molecule has 0 saturated heterocycles. The Bertz CT molecular complexity index is 1300. The van der Waals surface area contributed by atoms with Crippen molar-refractivity contribution in [2.45, 2.75) is 20.5 Å². The minimum atomic E-state index is -0.387. The number of aromatic nitrogens is 1. The first kappa shape index (κ1) is 22.6. The van der Waals surface area contributed by atoms with Crippen LogP contribution in [0.15, 0.2) is 78.9 Å². The van der Waals surface area contributed by atoms with E-state index in [1.807, 2.05) is 61.5 Å². The van der Waals surface area contributed by atoms with Crippen LogP contribution < -0.4 is 4.74 Å². The Hall–Kier alpha value is -3.57. The van der Waals surface area contributed by atoms with Gasteiger partial charge in [0.15, 0.2) is 0 Å². The van der Waals surface area contributed by atoms with Gasteiger partial charge >= 0.3 is 5.97 Å². The van der Waals surface area contributed by atoms with Crippen LogP contribution in [-0.2, 0) is 11.3 Å². The number of rotatable bonds is 7. The number of carbonyl (C=O) groups excluding carboxylic acids is 1. The van der Waals surface area contributed by atoms with Crippen molar-refractivity contribution in [3.05, 3.63) is 107 Å². The Labute approximate surface area is 197 Å². The van der Waals surface area contributed by atoms with Crippen molar-refractivity contribution < 1.29 is 18.7 Å². The van der Waals surface area contributed by atoms with Crippen LogP contribution in [0, 0.1) is 12.7 Å². The second-order valence-corrected chi connectivity index (χ2v) is 7.89. The van der Waals surface area contributed by atoms with Crippen LogP contribution in [0.2, 0.25) is 5.02 Å². The molecule has 6 heteroatoms. The van der Waals surface area contributed by atoms with Gasteiger partial charge in [-0.25, -0.2) is 9.18 Å². The van der Waals surface area contributed by atoms with Crippen LogP contribution in [0.4, 0.5) is 4.39 Å². The third kappa shape index (κ3) is 4.94. The standard InChI is InChI=1S/C27H23ClFNO3/c1-3-32-27(31)19-7-6-8-22(15-19)30-18(2)11-14-25(30)23-9-4-5-10-26(23)33-17-20-12-13-21(29)16-24(20)28/h4-16H,3,17H2,1-2H3. The molecule has 0 amide bonds. The van der Waals surface area contributed by atoms with E-state index in [4.69, 9.17) is 21.1 Å². The van der Waals surface area contributed by atoms with E-state index in [1.165, 1.54) is 12.1 Å². The van der Waals surface area contributed by atoms with Crippen molar-refractivity contribution in [3.63, 3.8) is 0 Å². The monoisotopic (exact) mass is 463 g/mol. The van der Waals surface area contributed by atoms with Crippen molar-refractivity contribution >= 4 is 17.6 Å². The first-order chi connectivity index (χ1) is 16.0. The highest BCUT2D eigenvalue weighted by molar-refractivity contribution is 6.31. The molecule has 0 radical (unpaired) electrons. The first-order valence-corrected chi connectivity index (χ1v) is 11.0. The van der Waals surface area contributed by atoms with Crippen molar-refractivity contribution in [1.82, 2.24) is 4.57 Å². The van der Waals surface area contributed by atoms with Gasteiger partial charge in [-0.05, 0) is 68.4 Å². The predicted molar refractivity (Wildman–Crippen MR) is 128 cm³/mol. The van der Waals surface area contributed by atoms with Gasteiger partial charge in [-0.15, -0.1) is 0 Å². The fourth-order valence-electron chi connectivity index (χ4n) is 3.68. The maximum atomic E-state index is 13.4. The molecular weight excluding hydrogens is 441 g/mol. The van der Waals surface area contributed by atoms with Gasteiger partial charge in [0.1, 0.15) is 18.2 Å². The smallest absolute Gasteiger partial charge is 0.338 e. The van der Waals surface area contributed by atoms with Gasteiger partial charge in [-0.2, -0.15) is 0 Å². The number of esters is 1. The number of nitrogens with zero attached hydrogens (tertiary/aromatic N) is 1. The summed E-state index contributed by atoms with van der Waals surface area (Å²) in [5.41, 5.74) is 4.82. The number of hydrogen-bond acceptors (Lipinski definition) is 3. The summed E-state index contributed by atoms with van der Waals surface area (Å²) >= 11 is 6.16. The van der Waals surface area contributed by atoms with Gasteiger partial charge in [-0.1, -0.05) is 35.9 Å². The molecule has 4 nitrogen and oxygen atoms in total. The maximum absolute atomic E-state index is 13.4. The molecule has 0 aliphatic rings. The third-order valence-corrected chi connectivity index (χ3v) is 5.60. The summed E-state index contributed by atoms with van der Waals surface area (Å²) in [6, 6.07) is 23.3. The predicted octanol–water partition coefficient (Wildman–Crippen LogP) is 7.00. The Morgan fingerprint density at radius 3 is 2.61 bits per heavy atom. The van der Waals surface area contributed by atoms with E-state index in [9.17, 15) is 9.18 Å². The summed E-state index contributed by atoms with van der Waals surface area (Å²) in [6.07, 6.45) is 0. The van der Waals surface area contributed by atoms with E-state index < -0.39 is 0 Å². The summed E-state index contributed by atoms with van der Waals surface area (Å²) in [5.74, 6) is -0.0769. The van der Waals surface area contributed by atoms with Crippen LogP contribution in [0.1, 0.15) is 28.5 Å². The van der Waals surface area contributed by atoms with Crippen LogP contribution in [0.5, 0.6) is 5.75 Å². The normalized spacial score (nSPS) is 10.8. The molecule has 168 valence electrons. The Kier molecular flexibility index (Phi) is 6.80. The third-order valence-electron chi connectivity index (χ3n) is 5.25. The molecule has 0 unspecified atom stereocenters. The van der Waals surface area contributed by atoms with Crippen LogP contribution in [-0.4, -0.2) is 17.1 Å². The highest BCUT2D eigenvalue weighted by atomic mass is 35.5. The fourth-order valence-corrected chi connectivity index (χ4v) is 3.90.